The van der Waals surface area contributed by atoms with Crippen molar-refractivity contribution < 1.29 is 13.6 Å². The predicted octanol–water partition coefficient (Wildman–Crippen LogP) is 2.84. The van der Waals surface area contributed by atoms with Gasteiger partial charge in [0.15, 0.2) is 0 Å². The number of benzene rings is 1. The summed E-state index contributed by atoms with van der Waals surface area (Å²) in [5, 5.41) is 2.94. The van der Waals surface area contributed by atoms with Crippen LogP contribution in [-0.2, 0) is 4.79 Å². The van der Waals surface area contributed by atoms with Crippen LogP contribution in [0.3, 0.4) is 0 Å². The Morgan fingerprint density at radius 2 is 1.81 bits per heavy atom. The number of halogens is 2. The van der Waals surface area contributed by atoms with E-state index in [2.05, 4.69) is 5.32 Å². The number of rotatable bonds is 5. The van der Waals surface area contributed by atoms with Gasteiger partial charge in [0.1, 0.15) is 11.6 Å². The van der Waals surface area contributed by atoms with Crippen LogP contribution in [0.5, 0.6) is 0 Å². The molecule has 0 spiro atoms. The van der Waals surface area contributed by atoms with Crippen LogP contribution in [0.1, 0.15) is 43.7 Å². The molecule has 0 heterocycles. The average molecular weight is 365 g/mol. The van der Waals surface area contributed by atoms with Gasteiger partial charge in [-0.2, -0.15) is 0 Å². The Morgan fingerprint density at radius 3 is 2.35 bits per heavy atom. The second kappa shape index (κ2) is 8.01. The molecule has 3 atom stereocenters. The molecule has 6 heteroatoms. The zero-order valence-corrected chi connectivity index (χ0v) is 15.6. The van der Waals surface area contributed by atoms with Gasteiger partial charge in [-0.3, -0.25) is 4.79 Å². The van der Waals surface area contributed by atoms with Crippen LogP contribution in [0.4, 0.5) is 8.78 Å². The molecule has 3 N–H and O–H groups in total. The largest absolute Gasteiger partial charge is 0.354 e. The van der Waals surface area contributed by atoms with E-state index in [1.54, 1.807) is 19.0 Å². The summed E-state index contributed by atoms with van der Waals surface area (Å²) in [6.07, 6.45) is 5.05. The number of carbonyl (C=O) groups excluding carboxylic acids is 1. The van der Waals surface area contributed by atoms with E-state index in [-0.39, 0.29) is 30.0 Å². The highest BCUT2D eigenvalue weighted by Gasteiger charge is 2.40. The minimum Gasteiger partial charge on any atom is -0.354 e. The molecule has 1 amide bonds. The Balaban J connectivity index is 1.65. The molecule has 2 aliphatic carbocycles. The Kier molecular flexibility index (Phi) is 5.92. The van der Waals surface area contributed by atoms with Gasteiger partial charge in [0.2, 0.25) is 5.91 Å². The average Bonchev–Trinajstić information content (AvgIpc) is 2.56. The van der Waals surface area contributed by atoms with Crippen molar-refractivity contribution in [3.63, 3.8) is 0 Å². The Bertz CT molecular complexity index is 618. The second-order valence-corrected chi connectivity index (χ2v) is 8.06. The van der Waals surface area contributed by atoms with Crippen LogP contribution in [0, 0.1) is 29.4 Å². The number of carbonyl (C=O) groups is 1. The second-order valence-electron chi connectivity index (χ2n) is 8.06. The molecule has 0 aliphatic heterocycles. The van der Waals surface area contributed by atoms with E-state index in [0.717, 1.165) is 25.7 Å². The SMILES string of the molecule is CN(C)C(CNC(=O)C1CC2CCCC(C1)C2N)c1c(F)cccc1F. The quantitative estimate of drug-likeness (QED) is 0.844. The van der Waals surface area contributed by atoms with E-state index in [0.29, 0.717) is 11.8 Å². The molecule has 3 rings (SSSR count). The van der Waals surface area contributed by atoms with Gasteiger partial charge in [-0.1, -0.05) is 12.5 Å². The summed E-state index contributed by atoms with van der Waals surface area (Å²) in [6, 6.07) is 3.52. The van der Waals surface area contributed by atoms with E-state index >= 15 is 0 Å². The first kappa shape index (κ1) is 19.2. The minimum atomic E-state index is -0.587. The zero-order valence-electron chi connectivity index (χ0n) is 15.6. The number of likely N-dealkylation sites (N-methyl/N-ethyl adjacent to an activating group) is 1. The number of nitrogens with two attached hydrogens (primary N) is 1. The maximum Gasteiger partial charge on any atom is 0.223 e. The molecule has 1 aromatic rings. The molecule has 0 aromatic heterocycles. The number of fused-ring (bicyclic) bond motifs is 2. The summed E-state index contributed by atoms with van der Waals surface area (Å²) in [5.41, 5.74) is 6.30. The molecule has 2 aliphatic rings. The van der Waals surface area contributed by atoms with E-state index in [9.17, 15) is 13.6 Å². The maximum atomic E-state index is 14.1. The third kappa shape index (κ3) is 3.91. The van der Waals surface area contributed by atoms with Crippen molar-refractivity contribution in [3.05, 3.63) is 35.4 Å². The fourth-order valence-electron chi connectivity index (χ4n) is 4.72. The van der Waals surface area contributed by atoms with Gasteiger partial charge in [0, 0.05) is 24.1 Å². The minimum absolute atomic E-state index is 0.000311. The highest BCUT2D eigenvalue weighted by molar-refractivity contribution is 5.78. The van der Waals surface area contributed by atoms with Crippen molar-refractivity contribution in [1.29, 1.82) is 0 Å². The lowest BCUT2D eigenvalue weighted by atomic mass is 9.65. The Labute approximate surface area is 154 Å². The normalized spacial score (nSPS) is 29.5. The molecule has 26 heavy (non-hydrogen) atoms. The van der Waals surface area contributed by atoms with Crippen LogP contribution in [0.25, 0.3) is 0 Å². The van der Waals surface area contributed by atoms with Crippen LogP contribution in [0.2, 0.25) is 0 Å². The first-order valence-electron chi connectivity index (χ1n) is 9.52. The molecular weight excluding hydrogens is 336 g/mol. The van der Waals surface area contributed by atoms with Crippen molar-refractivity contribution >= 4 is 5.91 Å². The van der Waals surface area contributed by atoms with E-state index in [1.807, 2.05) is 0 Å². The lowest BCUT2D eigenvalue weighted by Crippen LogP contribution is -2.49. The molecule has 0 saturated heterocycles. The van der Waals surface area contributed by atoms with Crippen molar-refractivity contribution in [2.75, 3.05) is 20.6 Å². The lowest BCUT2D eigenvalue weighted by molar-refractivity contribution is -0.128. The molecule has 144 valence electrons. The van der Waals surface area contributed by atoms with Gasteiger partial charge >= 0.3 is 0 Å². The van der Waals surface area contributed by atoms with E-state index in [1.165, 1.54) is 24.6 Å². The van der Waals surface area contributed by atoms with E-state index < -0.39 is 17.7 Å². The molecule has 2 bridgehead atoms. The van der Waals surface area contributed by atoms with Crippen LogP contribution >= 0.6 is 0 Å². The van der Waals surface area contributed by atoms with Crippen molar-refractivity contribution in [1.82, 2.24) is 10.2 Å². The smallest absolute Gasteiger partial charge is 0.223 e. The van der Waals surface area contributed by atoms with Crippen LogP contribution in [-0.4, -0.2) is 37.5 Å². The monoisotopic (exact) mass is 365 g/mol. The van der Waals surface area contributed by atoms with E-state index in [4.69, 9.17) is 5.73 Å². The van der Waals surface area contributed by atoms with Gasteiger partial charge < -0.3 is 16.0 Å². The third-order valence-electron chi connectivity index (χ3n) is 6.21. The van der Waals surface area contributed by atoms with Crippen molar-refractivity contribution in [3.8, 4) is 0 Å². The molecule has 4 nitrogen and oxygen atoms in total. The zero-order chi connectivity index (χ0) is 18.8. The van der Waals surface area contributed by atoms with Crippen molar-refractivity contribution in [2.24, 2.45) is 23.5 Å². The highest BCUT2D eigenvalue weighted by atomic mass is 19.1. The lowest BCUT2D eigenvalue weighted by Gasteiger charge is -2.43. The Hall–Kier alpha value is -1.53. The third-order valence-corrected chi connectivity index (χ3v) is 6.21. The first-order valence-corrected chi connectivity index (χ1v) is 9.52. The van der Waals surface area contributed by atoms with Crippen molar-refractivity contribution in [2.45, 2.75) is 44.2 Å². The van der Waals surface area contributed by atoms with Gasteiger partial charge in [-0.25, -0.2) is 8.78 Å². The van der Waals surface area contributed by atoms with Gasteiger partial charge in [0.05, 0.1) is 6.04 Å². The number of hydrogen-bond acceptors (Lipinski definition) is 3. The summed E-state index contributed by atoms with van der Waals surface area (Å²) < 4.78 is 28.3. The summed E-state index contributed by atoms with van der Waals surface area (Å²) >= 11 is 0. The fraction of sp³-hybridized carbons (Fsp3) is 0.650. The number of nitrogens with zero attached hydrogens (tertiary/aromatic N) is 1. The molecule has 0 radical (unpaired) electrons. The summed E-state index contributed by atoms with van der Waals surface area (Å²) in [6.45, 7) is 0.182. The number of amides is 1. The summed E-state index contributed by atoms with van der Waals surface area (Å²) in [5.74, 6) is -0.387. The van der Waals surface area contributed by atoms with Crippen LogP contribution < -0.4 is 11.1 Å². The molecule has 3 unspecified atom stereocenters. The molecular formula is C20H29F2N3O. The van der Waals surface area contributed by atoms with Gasteiger partial charge in [-0.05, 0) is 63.7 Å². The molecule has 2 saturated carbocycles. The van der Waals surface area contributed by atoms with Gasteiger partial charge in [0.25, 0.3) is 0 Å². The predicted molar refractivity (Wildman–Crippen MR) is 97.3 cm³/mol. The highest BCUT2D eigenvalue weighted by Crippen LogP contribution is 2.41. The van der Waals surface area contributed by atoms with Crippen LogP contribution in [0.15, 0.2) is 18.2 Å². The standard InChI is InChI=1S/C20H29F2N3O/c1-25(2)17(18-15(21)7-4-8-16(18)22)11-24-20(26)14-9-12-5-3-6-13(10-14)19(12)23/h4,7-8,12-14,17,19H,3,5-6,9-11,23H2,1-2H3,(H,24,26). The maximum absolute atomic E-state index is 14.1. The first-order chi connectivity index (χ1) is 12.4. The molecule has 2 fully saturated rings. The topological polar surface area (TPSA) is 58.4 Å². The molecule has 1 aromatic carbocycles. The Morgan fingerprint density at radius 1 is 1.23 bits per heavy atom. The summed E-state index contributed by atoms with van der Waals surface area (Å²) in [7, 11) is 3.51. The number of nitrogens with one attached hydrogen (secondary N) is 1. The fourth-order valence-corrected chi connectivity index (χ4v) is 4.72. The summed E-state index contributed by atoms with van der Waals surface area (Å²) in [4.78, 5) is 14.4. The number of hydrogen-bond donors (Lipinski definition) is 2. The van der Waals surface area contributed by atoms with Gasteiger partial charge in [-0.15, -0.1) is 0 Å².